The Kier molecular flexibility index (Phi) is 3.13. The Bertz CT molecular complexity index is 745. The average molecular weight is 264 g/mol. The minimum atomic E-state index is 0.565. The average Bonchev–Trinajstić information content (AvgIpc) is 2.87. The molecule has 20 heavy (non-hydrogen) atoms. The zero-order valence-electron chi connectivity index (χ0n) is 12.5. The summed E-state index contributed by atoms with van der Waals surface area (Å²) in [5.41, 5.74) is 7.28. The van der Waals surface area contributed by atoms with Gasteiger partial charge in [-0.1, -0.05) is 50.2 Å². The number of furan rings is 1. The molecule has 1 heterocycles. The first kappa shape index (κ1) is 13.0. The zero-order valence-corrected chi connectivity index (χ0v) is 12.5. The third-order valence-corrected chi connectivity index (χ3v) is 4.15. The molecule has 0 unspecified atom stereocenters. The van der Waals surface area contributed by atoms with Gasteiger partial charge in [0.15, 0.2) is 0 Å². The van der Waals surface area contributed by atoms with Crippen molar-refractivity contribution < 1.29 is 4.42 Å². The van der Waals surface area contributed by atoms with Crippen molar-refractivity contribution in [2.45, 2.75) is 33.6 Å². The lowest BCUT2D eigenvalue weighted by atomic mass is 9.97. The summed E-state index contributed by atoms with van der Waals surface area (Å²) in [6.07, 6.45) is 1.88. The molecule has 0 radical (unpaired) electrons. The van der Waals surface area contributed by atoms with Gasteiger partial charge in [0.1, 0.15) is 5.58 Å². The van der Waals surface area contributed by atoms with E-state index in [4.69, 9.17) is 4.42 Å². The van der Waals surface area contributed by atoms with Gasteiger partial charge in [-0.25, -0.2) is 0 Å². The van der Waals surface area contributed by atoms with Gasteiger partial charge in [-0.2, -0.15) is 0 Å². The van der Waals surface area contributed by atoms with Crippen LogP contribution < -0.4 is 0 Å². The zero-order chi connectivity index (χ0) is 14.3. The molecule has 0 aliphatic rings. The van der Waals surface area contributed by atoms with Gasteiger partial charge in [0.25, 0.3) is 0 Å². The van der Waals surface area contributed by atoms with Crippen molar-refractivity contribution in [3.8, 4) is 11.1 Å². The molecule has 102 valence electrons. The highest BCUT2D eigenvalue weighted by molar-refractivity contribution is 5.95. The molecule has 3 aromatic rings. The van der Waals surface area contributed by atoms with E-state index in [-0.39, 0.29) is 0 Å². The number of aryl methyl sites for hydroxylation is 2. The number of benzene rings is 2. The van der Waals surface area contributed by atoms with E-state index >= 15 is 0 Å². The van der Waals surface area contributed by atoms with Gasteiger partial charge in [-0.05, 0) is 42.0 Å². The molecule has 3 rings (SSSR count). The summed E-state index contributed by atoms with van der Waals surface area (Å²) >= 11 is 0. The third-order valence-electron chi connectivity index (χ3n) is 4.15. The number of rotatable bonds is 2. The second-order valence-corrected chi connectivity index (χ2v) is 5.81. The van der Waals surface area contributed by atoms with Crippen molar-refractivity contribution in [2.75, 3.05) is 0 Å². The Morgan fingerprint density at radius 3 is 2.25 bits per heavy atom. The van der Waals surface area contributed by atoms with Crippen LogP contribution in [0.2, 0.25) is 0 Å². The van der Waals surface area contributed by atoms with Gasteiger partial charge in [-0.15, -0.1) is 0 Å². The standard InChI is InChI=1S/C19H20O/c1-12(2)15-6-8-16(9-7-15)18-11-20-19-14(4)13(3)5-10-17(18)19/h5-12H,1-4H3. The summed E-state index contributed by atoms with van der Waals surface area (Å²) in [6.45, 7) is 8.67. The van der Waals surface area contributed by atoms with Gasteiger partial charge in [0, 0.05) is 10.9 Å². The summed E-state index contributed by atoms with van der Waals surface area (Å²) in [6, 6.07) is 13.1. The number of hydrogen-bond donors (Lipinski definition) is 0. The van der Waals surface area contributed by atoms with Crippen molar-refractivity contribution in [1.29, 1.82) is 0 Å². The molecule has 0 spiro atoms. The van der Waals surface area contributed by atoms with Crippen LogP contribution in [0.4, 0.5) is 0 Å². The summed E-state index contributed by atoms with van der Waals surface area (Å²) in [5, 5.41) is 1.20. The minimum absolute atomic E-state index is 0.565. The normalized spacial score (nSPS) is 11.4. The molecule has 0 bridgehead atoms. The lowest BCUT2D eigenvalue weighted by Gasteiger charge is -2.06. The Labute approximate surface area is 120 Å². The predicted molar refractivity (Wildman–Crippen MR) is 85.2 cm³/mol. The highest BCUT2D eigenvalue weighted by atomic mass is 16.3. The van der Waals surface area contributed by atoms with Crippen LogP contribution in [0, 0.1) is 13.8 Å². The van der Waals surface area contributed by atoms with Crippen molar-refractivity contribution in [2.24, 2.45) is 0 Å². The maximum Gasteiger partial charge on any atom is 0.137 e. The molecule has 0 N–H and O–H groups in total. The highest BCUT2D eigenvalue weighted by Crippen LogP contribution is 2.33. The fourth-order valence-electron chi connectivity index (χ4n) is 2.61. The van der Waals surface area contributed by atoms with Crippen LogP contribution in [0.3, 0.4) is 0 Å². The van der Waals surface area contributed by atoms with Crippen LogP contribution in [-0.2, 0) is 0 Å². The SMILES string of the molecule is Cc1ccc2c(-c3ccc(C(C)C)cc3)coc2c1C. The van der Waals surface area contributed by atoms with Crippen LogP contribution in [0.25, 0.3) is 22.1 Å². The van der Waals surface area contributed by atoms with Crippen molar-refractivity contribution in [1.82, 2.24) is 0 Å². The molecule has 0 aliphatic heterocycles. The minimum Gasteiger partial charge on any atom is -0.463 e. The van der Waals surface area contributed by atoms with Crippen LogP contribution in [-0.4, -0.2) is 0 Å². The van der Waals surface area contributed by atoms with Gasteiger partial charge in [0.05, 0.1) is 6.26 Å². The van der Waals surface area contributed by atoms with E-state index in [2.05, 4.69) is 64.1 Å². The monoisotopic (exact) mass is 264 g/mol. The predicted octanol–water partition coefficient (Wildman–Crippen LogP) is 5.84. The molecular formula is C19H20O. The van der Waals surface area contributed by atoms with E-state index < -0.39 is 0 Å². The molecular weight excluding hydrogens is 244 g/mol. The second kappa shape index (κ2) is 4.82. The summed E-state index contributed by atoms with van der Waals surface area (Å²) in [7, 11) is 0. The Hall–Kier alpha value is -2.02. The largest absolute Gasteiger partial charge is 0.463 e. The first-order valence-corrected chi connectivity index (χ1v) is 7.15. The van der Waals surface area contributed by atoms with Crippen LogP contribution >= 0.6 is 0 Å². The topological polar surface area (TPSA) is 13.1 Å². The second-order valence-electron chi connectivity index (χ2n) is 5.81. The smallest absolute Gasteiger partial charge is 0.137 e. The first-order valence-electron chi connectivity index (χ1n) is 7.15. The molecule has 0 saturated heterocycles. The lowest BCUT2D eigenvalue weighted by Crippen LogP contribution is -1.86. The van der Waals surface area contributed by atoms with E-state index in [0.717, 1.165) is 5.58 Å². The van der Waals surface area contributed by atoms with Crippen LogP contribution in [0.5, 0.6) is 0 Å². The molecule has 1 aromatic heterocycles. The maximum atomic E-state index is 5.79. The third kappa shape index (κ3) is 2.03. The van der Waals surface area contributed by atoms with Crippen molar-refractivity contribution in [3.05, 3.63) is 59.4 Å². The molecule has 0 amide bonds. The van der Waals surface area contributed by atoms with Crippen LogP contribution in [0.1, 0.15) is 36.5 Å². The van der Waals surface area contributed by atoms with Crippen molar-refractivity contribution >= 4 is 11.0 Å². The van der Waals surface area contributed by atoms with E-state index in [0.29, 0.717) is 5.92 Å². The van der Waals surface area contributed by atoms with Crippen LogP contribution in [0.15, 0.2) is 47.1 Å². The Morgan fingerprint density at radius 2 is 1.60 bits per heavy atom. The number of fused-ring (bicyclic) bond motifs is 1. The van der Waals surface area contributed by atoms with Gasteiger partial charge >= 0.3 is 0 Å². The maximum absolute atomic E-state index is 5.79. The summed E-state index contributed by atoms with van der Waals surface area (Å²) < 4.78 is 5.79. The molecule has 1 heteroatoms. The quantitative estimate of drug-likeness (QED) is 0.566. The van der Waals surface area contributed by atoms with Crippen molar-refractivity contribution in [3.63, 3.8) is 0 Å². The van der Waals surface area contributed by atoms with E-state index in [9.17, 15) is 0 Å². The molecule has 0 fully saturated rings. The fraction of sp³-hybridized carbons (Fsp3) is 0.263. The molecule has 0 aliphatic carbocycles. The van der Waals surface area contributed by atoms with E-state index in [1.165, 1.54) is 33.2 Å². The fourth-order valence-corrected chi connectivity index (χ4v) is 2.61. The molecule has 1 nitrogen and oxygen atoms in total. The molecule has 0 atom stereocenters. The summed E-state index contributed by atoms with van der Waals surface area (Å²) in [5.74, 6) is 0.565. The number of hydrogen-bond acceptors (Lipinski definition) is 1. The molecule has 2 aromatic carbocycles. The Balaban J connectivity index is 2.13. The molecule has 0 saturated carbocycles. The van der Waals surface area contributed by atoms with Gasteiger partial charge < -0.3 is 4.42 Å². The summed E-state index contributed by atoms with van der Waals surface area (Å²) in [4.78, 5) is 0. The van der Waals surface area contributed by atoms with Gasteiger partial charge in [-0.3, -0.25) is 0 Å². The lowest BCUT2D eigenvalue weighted by molar-refractivity contribution is 0.614. The highest BCUT2D eigenvalue weighted by Gasteiger charge is 2.11. The first-order chi connectivity index (χ1) is 9.58. The van der Waals surface area contributed by atoms with Gasteiger partial charge in [0.2, 0.25) is 0 Å². The Morgan fingerprint density at radius 1 is 0.900 bits per heavy atom. The van der Waals surface area contributed by atoms with E-state index in [1.807, 2.05) is 6.26 Å². The van der Waals surface area contributed by atoms with E-state index in [1.54, 1.807) is 0 Å².